The fourth-order valence-corrected chi connectivity index (χ4v) is 4.48. The van der Waals surface area contributed by atoms with E-state index in [9.17, 15) is 0 Å². The first-order chi connectivity index (χ1) is 11.9. The van der Waals surface area contributed by atoms with E-state index < -0.39 is 0 Å². The molecular formula is C23H37N3. The van der Waals surface area contributed by atoms with Crippen LogP contribution in [0.4, 0.5) is 0 Å². The summed E-state index contributed by atoms with van der Waals surface area (Å²) in [4.78, 5) is 0. The second-order valence-electron chi connectivity index (χ2n) is 9.97. The summed E-state index contributed by atoms with van der Waals surface area (Å²) in [7, 11) is 0. The minimum Gasteiger partial charge on any atom is -0.253 e. The zero-order valence-corrected chi connectivity index (χ0v) is 18.0. The lowest BCUT2D eigenvalue weighted by Crippen LogP contribution is -2.54. The molecular weight excluding hydrogens is 318 g/mol. The van der Waals surface area contributed by atoms with Crippen molar-refractivity contribution in [2.75, 3.05) is 0 Å². The van der Waals surface area contributed by atoms with E-state index in [0.717, 1.165) is 19.4 Å². The second-order valence-corrected chi connectivity index (χ2v) is 9.97. The second kappa shape index (κ2) is 7.17. The van der Waals surface area contributed by atoms with Crippen LogP contribution >= 0.6 is 0 Å². The minimum atomic E-state index is 0.0591. The monoisotopic (exact) mass is 355 g/mol. The zero-order chi connectivity index (χ0) is 19.6. The van der Waals surface area contributed by atoms with E-state index in [4.69, 9.17) is 0 Å². The summed E-state index contributed by atoms with van der Waals surface area (Å²) in [6.07, 6.45) is 5.96. The first kappa shape index (κ1) is 20.7. The van der Waals surface area contributed by atoms with Crippen molar-refractivity contribution in [1.29, 1.82) is 0 Å². The van der Waals surface area contributed by atoms with E-state index in [1.54, 1.807) is 6.20 Å². The Morgan fingerprint density at radius 2 is 1.50 bits per heavy atom. The van der Waals surface area contributed by atoms with Crippen LogP contribution in [0.1, 0.15) is 73.8 Å². The molecule has 144 valence electrons. The number of hydrogen-bond acceptors (Lipinski definition) is 2. The van der Waals surface area contributed by atoms with Crippen LogP contribution in [0.2, 0.25) is 0 Å². The third-order valence-electron chi connectivity index (χ3n) is 7.63. The molecule has 26 heavy (non-hydrogen) atoms. The van der Waals surface area contributed by atoms with E-state index in [1.807, 2.05) is 10.9 Å². The number of aryl methyl sites for hydroxylation is 1. The molecule has 3 nitrogen and oxygen atoms in total. The van der Waals surface area contributed by atoms with E-state index in [0.29, 0.717) is 0 Å². The lowest BCUT2D eigenvalue weighted by molar-refractivity contribution is -0.0780. The number of aromatic nitrogens is 3. The Balaban J connectivity index is 2.34. The summed E-state index contributed by atoms with van der Waals surface area (Å²) in [6, 6.07) is 11.0. The van der Waals surface area contributed by atoms with Crippen LogP contribution in [0.25, 0.3) is 0 Å². The van der Waals surface area contributed by atoms with Gasteiger partial charge in [-0.15, -0.1) is 5.10 Å². The molecule has 1 heterocycles. The van der Waals surface area contributed by atoms with Gasteiger partial charge in [0.25, 0.3) is 0 Å². The van der Waals surface area contributed by atoms with Gasteiger partial charge in [0.1, 0.15) is 0 Å². The molecule has 0 aliphatic rings. The highest BCUT2D eigenvalue weighted by Crippen LogP contribution is 2.61. The first-order valence-electron chi connectivity index (χ1n) is 9.83. The van der Waals surface area contributed by atoms with Gasteiger partial charge in [0.05, 0.1) is 6.20 Å². The van der Waals surface area contributed by atoms with Crippen LogP contribution in [0.3, 0.4) is 0 Å². The predicted molar refractivity (Wildman–Crippen MR) is 110 cm³/mol. The molecule has 0 spiro atoms. The van der Waals surface area contributed by atoms with Gasteiger partial charge in [-0.1, -0.05) is 90.9 Å². The van der Waals surface area contributed by atoms with Crippen molar-refractivity contribution in [3.63, 3.8) is 0 Å². The molecule has 0 amide bonds. The molecule has 1 aromatic heterocycles. The zero-order valence-electron chi connectivity index (χ0n) is 18.0. The van der Waals surface area contributed by atoms with Gasteiger partial charge in [0.2, 0.25) is 0 Å². The van der Waals surface area contributed by atoms with E-state index in [1.165, 1.54) is 5.56 Å². The highest BCUT2D eigenvalue weighted by atomic mass is 15.4. The maximum absolute atomic E-state index is 4.12. The Morgan fingerprint density at radius 3 is 2.00 bits per heavy atom. The van der Waals surface area contributed by atoms with Crippen LogP contribution in [0.5, 0.6) is 0 Å². The van der Waals surface area contributed by atoms with Gasteiger partial charge in [-0.3, -0.25) is 4.68 Å². The molecule has 2 rings (SSSR count). The Kier molecular flexibility index (Phi) is 5.70. The van der Waals surface area contributed by atoms with Gasteiger partial charge >= 0.3 is 0 Å². The van der Waals surface area contributed by atoms with Crippen molar-refractivity contribution < 1.29 is 0 Å². The topological polar surface area (TPSA) is 30.7 Å². The third kappa shape index (κ3) is 3.58. The highest BCUT2D eigenvalue weighted by molar-refractivity contribution is 5.28. The molecule has 3 heteroatoms. The average Bonchev–Trinajstić information content (AvgIpc) is 3.07. The SMILES string of the molecule is CC(C)(C)C(C)(CCCn1ccnn1)C(C)(C)C(C)(C)c1ccccc1. The average molecular weight is 356 g/mol. The van der Waals surface area contributed by atoms with Crippen LogP contribution in [0.15, 0.2) is 42.7 Å². The molecule has 1 aromatic carbocycles. The van der Waals surface area contributed by atoms with Gasteiger partial charge in [-0.25, -0.2) is 0 Å². The smallest absolute Gasteiger partial charge is 0.0692 e. The number of benzene rings is 1. The Morgan fingerprint density at radius 1 is 0.885 bits per heavy atom. The van der Waals surface area contributed by atoms with E-state index in [2.05, 4.69) is 96.0 Å². The number of rotatable bonds is 7. The van der Waals surface area contributed by atoms with Crippen molar-refractivity contribution in [1.82, 2.24) is 15.0 Å². The highest BCUT2D eigenvalue weighted by Gasteiger charge is 2.55. The maximum Gasteiger partial charge on any atom is 0.0692 e. The molecule has 0 fully saturated rings. The molecule has 0 radical (unpaired) electrons. The molecule has 1 unspecified atom stereocenters. The fourth-order valence-electron chi connectivity index (χ4n) is 4.48. The molecule has 0 saturated carbocycles. The standard InChI is InChI=1S/C23H37N3/c1-20(2,3)23(8,15-12-17-26-18-16-24-25-26)22(6,7)21(4,5)19-13-10-9-11-14-19/h9-11,13-14,16,18H,12,15,17H2,1-8H3. The van der Waals surface area contributed by atoms with E-state index in [-0.39, 0.29) is 21.7 Å². The first-order valence-corrected chi connectivity index (χ1v) is 9.83. The summed E-state index contributed by atoms with van der Waals surface area (Å²) in [5, 5.41) is 8.05. The van der Waals surface area contributed by atoms with Gasteiger partial charge < -0.3 is 0 Å². The van der Waals surface area contributed by atoms with Crippen molar-refractivity contribution in [3.05, 3.63) is 48.3 Å². The number of hydrogen-bond donors (Lipinski definition) is 0. The molecule has 0 N–H and O–H groups in total. The number of nitrogens with zero attached hydrogens (tertiary/aromatic N) is 3. The third-order valence-corrected chi connectivity index (χ3v) is 7.63. The summed E-state index contributed by atoms with van der Waals surface area (Å²) in [5.41, 5.74) is 1.91. The van der Waals surface area contributed by atoms with Crippen molar-refractivity contribution >= 4 is 0 Å². The van der Waals surface area contributed by atoms with Crippen LogP contribution < -0.4 is 0 Å². The van der Waals surface area contributed by atoms with Gasteiger partial charge in [0, 0.05) is 12.7 Å². The lowest BCUT2D eigenvalue weighted by Gasteiger charge is -2.60. The van der Waals surface area contributed by atoms with E-state index >= 15 is 0 Å². The van der Waals surface area contributed by atoms with Gasteiger partial charge in [-0.05, 0) is 40.1 Å². The van der Waals surface area contributed by atoms with Crippen LogP contribution in [0, 0.1) is 16.2 Å². The van der Waals surface area contributed by atoms with Crippen LogP contribution in [-0.2, 0) is 12.0 Å². The Labute approximate surface area is 160 Å². The predicted octanol–water partition coefficient (Wildman–Crippen LogP) is 6.11. The summed E-state index contributed by atoms with van der Waals surface area (Å²) < 4.78 is 1.94. The van der Waals surface area contributed by atoms with Gasteiger partial charge in [-0.2, -0.15) is 0 Å². The van der Waals surface area contributed by atoms with Crippen molar-refractivity contribution in [2.45, 2.75) is 80.2 Å². The molecule has 0 aliphatic heterocycles. The largest absolute Gasteiger partial charge is 0.253 e. The quantitative estimate of drug-likeness (QED) is 0.599. The summed E-state index contributed by atoms with van der Waals surface area (Å²) in [6.45, 7) is 20.3. The molecule has 0 bridgehead atoms. The molecule has 1 atom stereocenters. The Hall–Kier alpha value is -1.64. The van der Waals surface area contributed by atoms with Crippen LogP contribution in [-0.4, -0.2) is 15.0 Å². The summed E-state index contributed by atoms with van der Waals surface area (Å²) in [5.74, 6) is 0. The summed E-state index contributed by atoms with van der Waals surface area (Å²) >= 11 is 0. The van der Waals surface area contributed by atoms with Crippen molar-refractivity contribution in [2.24, 2.45) is 16.2 Å². The normalized spacial score (nSPS) is 15.7. The lowest BCUT2D eigenvalue weighted by atomic mass is 9.44. The fraction of sp³-hybridized carbons (Fsp3) is 0.652. The molecule has 0 aliphatic carbocycles. The van der Waals surface area contributed by atoms with Crippen molar-refractivity contribution in [3.8, 4) is 0 Å². The van der Waals surface area contributed by atoms with Gasteiger partial charge in [0.15, 0.2) is 0 Å². The molecule has 2 aromatic rings. The minimum absolute atomic E-state index is 0.0591. The maximum atomic E-state index is 4.12. The Bertz CT molecular complexity index is 678. The molecule has 0 saturated heterocycles.